The predicted molar refractivity (Wildman–Crippen MR) is 111 cm³/mol. The molecule has 0 unspecified atom stereocenters. The molecule has 0 aromatic carbocycles. The number of hydrogen-bond donors (Lipinski definition) is 2. The van der Waals surface area contributed by atoms with Crippen LogP contribution in [-0.2, 0) is 9.84 Å². The first-order valence-electron chi connectivity index (χ1n) is 10.3. The zero-order valence-corrected chi connectivity index (χ0v) is 16.7. The van der Waals surface area contributed by atoms with Crippen molar-refractivity contribution in [2.24, 2.45) is 0 Å². The number of rotatable bonds is 5. The summed E-state index contributed by atoms with van der Waals surface area (Å²) in [5.74, 6) is 0.519. The third-order valence-electron chi connectivity index (χ3n) is 6.62. The van der Waals surface area contributed by atoms with E-state index in [1.165, 1.54) is 17.4 Å². The Kier molecular flexibility index (Phi) is 4.59. The first kappa shape index (κ1) is 18.1. The minimum absolute atomic E-state index is 0.141. The van der Waals surface area contributed by atoms with Crippen molar-refractivity contribution in [3.63, 3.8) is 0 Å². The van der Waals surface area contributed by atoms with Crippen LogP contribution in [-0.4, -0.2) is 40.5 Å². The summed E-state index contributed by atoms with van der Waals surface area (Å²) in [5, 5.41) is 5.28. The van der Waals surface area contributed by atoms with E-state index in [1.807, 2.05) is 18.5 Å². The smallest absolute Gasteiger partial charge is 0.166 e. The lowest BCUT2D eigenvalue weighted by molar-refractivity contribution is 0.353. The van der Waals surface area contributed by atoms with Gasteiger partial charge in [0.05, 0.1) is 22.8 Å². The largest absolute Gasteiger partial charge is 0.360 e. The van der Waals surface area contributed by atoms with E-state index >= 15 is 0 Å². The van der Waals surface area contributed by atoms with E-state index < -0.39 is 9.84 Å². The van der Waals surface area contributed by atoms with E-state index in [0.29, 0.717) is 12.0 Å². The highest BCUT2D eigenvalue weighted by atomic mass is 32.2. The molecular weight excluding hydrogens is 372 g/mol. The van der Waals surface area contributed by atoms with E-state index in [9.17, 15) is 8.42 Å². The molecular formula is C21H26N4O2S. The van der Waals surface area contributed by atoms with Gasteiger partial charge in [-0.25, -0.2) is 18.4 Å². The zero-order chi connectivity index (χ0) is 19.1. The lowest BCUT2D eigenvalue weighted by Crippen LogP contribution is -2.41. The highest BCUT2D eigenvalue weighted by Crippen LogP contribution is 2.39. The Balaban J connectivity index is 1.35. The number of pyridine rings is 2. The van der Waals surface area contributed by atoms with Crippen LogP contribution < -0.4 is 5.32 Å². The Bertz CT molecular complexity index is 1100. The number of fused-ring (bicyclic) bond motifs is 3. The van der Waals surface area contributed by atoms with E-state index in [-0.39, 0.29) is 11.1 Å². The third-order valence-corrected chi connectivity index (χ3v) is 8.68. The molecule has 2 N–H and O–H groups in total. The number of hydrogen-bond acceptors (Lipinski definition) is 5. The highest BCUT2D eigenvalue weighted by molar-refractivity contribution is 7.91. The minimum Gasteiger partial charge on any atom is -0.360 e. The Hall–Kier alpha value is -1.99. The van der Waals surface area contributed by atoms with Gasteiger partial charge in [0.2, 0.25) is 0 Å². The van der Waals surface area contributed by atoms with Crippen LogP contribution in [0.3, 0.4) is 0 Å². The average molecular weight is 399 g/mol. The van der Waals surface area contributed by atoms with Crippen molar-refractivity contribution in [1.82, 2.24) is 20.3 Å². The SMILES string of the molecule is O=S(=O)(CNC1CCC1)C1CCC(c2cc[nH]c3cnc4nccc4c23)CC1. The fraction of sp³-hybridized carbons (Fsp3) is 0.524. The molecule has 0 aliphatic heterocycles. The van der Waals surface area contributed by atoms with Gasteiger partial charge in [0.15, 0.2) is 15.5 Å². The van der Waals surface area contributed by atoms with Gasteiger partial charge < -0.3 is 10.3 Å². The number of nitrogens with zero attached hydrogens (tertiary/aromatic N) is 2. The maximum Gasteiger partial charge on any atom is 0.166 e. The first-order valence-corrected chi connectivity index (χ1v) is 12.0. The Labute approximate surface area is 165 Å². The number of nitrogens with one attached hydrogen (secondary N) is 2. The fourth-order valence-corrected chi connectivity index (χ4v) is 6.42. The zero-order valence-electron chi connectivity index (χ0n) is 15.9. The summed E-state index contributed by atoms with van der Waals surface area (Å²) in [6, 6.07) is 4.57. The van der Waals surface area contributed by atoms with Gasteiger partial charge in [-0.3, -0.25) is 0 Å². The summed E-state index contributed by atoms with van der Waals surface area (Å²) < 4.78 is 25.5. The normalized spacial score (nSPS) is 23.9. The summed E-state index contributed by atoms with van der Waals surface area (Å²) in [7, 11) is -3.07. The van der Waals surface area contributed by atoms with Crippen molar-refractivity contribution >= 4 is 31.8 Å². The van der Waals surface area contributed by atoms with Crippen molar-refractivity contribution in [3.05, 3.63) is 36.3 Å². The molecule has 2 aliphatic carbocycles. The number of H-pyrrole nitrogens is 1. The van der Waals surface area contributed by atoms with Gasteiger partial charge in [0.25, 0.3) is 0 Å². The second kappa shape index (κ2) is 7.12. The summed E-state index contributed by atoms with van der Waals surface area (Å²) in [6.45, 7) is 0. The Morgan fingerprint density at radius 2 is 1.89 bits per heavy atom. The summed E-state index contributed by atoms with van der Waals surface area (Å²) >= 11 is 0. The molecule has 148 valence electrons. The van der Waals surface area contributed by atoms with E-state index in [2.05, 4.69) is 26.3 Å². The second-order valence-corrected chi connectivity index (χ2v) is 10.6. The molecule has 0 bridgehead atoms. The molecule has 0 amide bonds. The van der Waals surface area contributed by atoms with Crippen molar-refractivity contribution < 1.29 is 8.42 Å². The molecule has 2 fully saturated rings. The summed E-state index contributed by atoms with van der Waals surface area (Å²) in [4.78, 5) is 12.0. The molecule has 7 heteroatoms. The molecule has 6 nitrogen and oxygen atoms in total. The molecule has 3 aromatic rings. The predicted octanol–water partition coefficient (Wildman–Crippen LogP) is 3.65. The molecule has 0 radical (unpaired) electrons. The Morgan fingerprint density at radius 3 is 2.64 bits per heavy atom. The molecule has 0 atom stereocenters. The van der Waals surface area contributed by atoms with Gasteiger partial charge in [-0.15, -0.1) is 0 Å². The first-order chi connectivity index (χ1) is 13.6. The van der Waals surface area contributed by atoms with Gasteiger partial charge in [0, 0.05) is 29.2 Å². The lowest BCUT2D eigenvalue weighted by atomic mass is 9.82. The molecule has 0 spiro atoms. The van der Waals surface area contributed by atoms with Gasteiger partial charge in [-0.2, -0.15) is 0 Å². The molecule has 5 rings (SSSR count). The van der Waals surface area contributed by atoms with Crippen LogP contribution in [0.25, 0.3) is 21.9 Å². The average Bonchev–Trinajstić information content (AvgIpc) is 3.15. The maximum atomic E-state index is 12.7. The minimum atomic E-state index is -3.07. The van der Waals surface area contributed by atoms with Crippen LogP contribution in [0.2, 0.25) is 0 Å². The highest BCUT2D eigenvalue weighted by Gasteiger charge is 2.32. The maximum absolute atomic E-state index is 12.7. The van der Waals surface area contributed by atoms with Crippen LogP contribution in [0.5, 0.6) is 0 Å². The topological polar surface area (TPSA) is 87.7 Å². The molecule has 0 saturated heterocycles. The number of sulfone groups is 1. The molecule has 28 heavy (non-hydrogen) atoms. The molecule has 3 aromatic heterocycles. The van der Waals surface area contributed by atoms with E-state index in [4.69, 9.17) is 0 Å². The van der Waals surface area contributed by atoms with Crippen LogP contribution >= 0.6 is 0 Å². The second-order valence-electron chi connectivity index (χ2n) is 8.27. The summed E-state index contributed by atoms with van der Waals surface area (Å²) in [6.07, 6.45) is 12.3. The van der Waals surface area contributed by atoms with E-state index in [0.717, 1.165) is 55.1 Å². The van der Waals surface area contributed by atoms with Crippen molar-refractivity contribution in [2.75, 3.05) is 5.88 Å². The van der Waals surface area contributed by atoms with Gasteiger partial charge in [0.1, 0.15) is 0 Å². The third kappa shape index (κ3) is 3.20. The monoisotopic (exact) mass is 398 g/mol. The van der Waals surface area contributed by atoms with Gasteiger partial charge in [-0.1, -0.05) is 6.42 Å². The summed E-state index contributed by atoms with van der Waals surface area (Å²) in [5.41, 5.74) is 3.07. The quantitative estimate of drug-likeness (QED) is 0.685. The number of aromatic amines is 1. The van der Waals surface area contributed by atoms with Gasteiger partial charge in [-0.05, 0) is 62.1 Å². The lowest BCUT2D eigenvalue weighted by Gasteiger charge is -2.31. The Morgan fingerprint density at radius 1 is 1.07 bits per heavy atom. The van der Waals surface area contributed by atoms with Crippen molar-refractivity contribution in [1.29, 1.82) is 0 Å². The number of aromatic nitrogens is 3. The van der Waals surface area contributed by atoms with Crippen molar-refractivity contribution in [2.45, 2.75) is 62.2 Å². The van der Waals surface area contributed by atoms with Crippen LogP contribution in [0.4, 0.5) is 0 Å². The van der Waals surface area contributed by atoms with Crippen LogP contribution in [0.1, 0.15) is 56.4 Å². The standard InChI is InChI=1S/C21H26N4O2S/c26-28(27,13-25-15-2-1-3-15)16-6-4-14(5-7-16)17-8-10-22-19-12-24-21-18(20(17)19)9-11-23-21/h8-12,14-16,22,25H,1-7,13H2. The van der Waals surface area contributed by atoms with Crippen molar-refractivity contribution in [3.8, 4) is 0 Å². The fourth-order valence-electron chi connectivity index (χ4n) is 4.72. The molecule has 2 saturated carbocycles. The molecule has 3 heterocycles. The van der Waals surface area contributed by atoms with Gasteiger partial charge >= 0.3 is 0 Å². The van der Waals surface area contributed by atoms with E-state index in [1.54, 1.807) is 6.20 Å². The molecule has 2 aliphatic rings. The van der Waals surface area contributed by atoms with Crippen LogP contribution in [0, 0.1) is 0 Å². The van der Waals surface area contributed by atoms with Crippen LogP contribution in [0.15, 0.2) is 30.7 Å².